The molecule has 1 aromatic heterocycles. The van der Waals surface area contributed by atoms with E-state index >= 15 is 0 Å². The van der Waals surface area contributed by atoms with Crippen LogP contribution in [0.5, 0.6) is 0 Å². The van der Waals surface area contributed by atoms with Crippen molar-refractivity contribution in [2.45, 2.75) is 31.7 Å². The Morgan fingerprint density at radius 3 is 2.22 bits per heavy atom. The quantitative estimate of drug-likeness (QED) is 0.170. The van der Waals surface area contributed by atoms with E-state index in [2.05, 4.69) is 73.5 Å². The third kappa shape index (κ3) is 7.03. The number of rotatable bonds is 9. The molecule has 0 amide bonds. The lowest BCUT2D eigenvalue weighted by Gasteiger charge is -2.39. The number of halogens is 2. The third-order valence-corrected chi connectivity index (χ3v) is 9.38. The highest BCUT2D eigenvalue weighted by Crippen LogP contribution is 2.47. The van der Waals surface area contributed by atoms with Crippen LogP contribution in [0.3, 0.4) is 0 Å². The molecule has 4 aromatic rings. The molecule has 2 atom stereocenters. The Bertz CT molecular complexity index is 1650. The summed E-state index contributed by atoms with van der Waals surface area (Å²) in [6.07, 6.45) is 0.436. The largest absolute Gasteiger partial charge is 0.513 e. The van der Waals surface area contributed by atoms with Gasteiger partial charge in [-0.3, -0.25) is 14.8 Å². The Morgan fingerprint density at radius 1 is 0.913 bits per heavy atom. The van der Waals surface area contributed by atoms with Crippen molar-refractivity contribution in [1.29, 1.82) is 0 Å². The Balaban J connectivity index is 1.09. The molecule has 0 saturated carbocycles. The van der Waals surface area contributed by atoms with Crippen LogP contribution in [0.1, 0.15) is 54.3 Å². The third-order valence-electron chi connectivity index (χ3n) is 8.55. The lowest BCUT2D eigenvalue weighted by atomic mass is 9.79. The van der Waals surface area contributed by atoms with Gasteiger partial charge in [-0.15, -0.1) is 10.2 Å². The zero-order valence-corrected chi connectivity index (χ0v) is 27.2. The van der Waals surface area contributed by atoms with Gasteiger partial charge in [0.2, 0.25) is 12.3 Å². The van der Waals surface area contributed by atoms with Crippen molar-refractivity contribution in [3.8, 4) is 0 Å². The van der Waals surface area contributed by atoms with E-state index in [-0.39, 0.29) is 12.6 Å². The van der Waals surface area contributed by atoms with E-state index in [1.807, 2.05) is 25.1 Å². The summed E-state index contributed by atoms with van der Waals surface area (Å²) >= 11 is 13.1. The molecule has 0 N–H and O–H groups in total. The summed E-state index contributed by atoms with van der Waals surface area (Å²) in [6, 6.07) is 26.7. The average Bonchev–Trinajstić information content (AvgIpc) is 3.60. The molecule has 3 aromatic carbocycles. The van der Waals surface area contributed by atoms with Crippen molar-refractivity contribution in [2.75, 3.05) is 39.3 Å². The predicted molar refractivity (Wildman–Crippen MR) is 177 cm³/mol. The number of aromatic nitrogens is 2. The first-order chi connectivity index (χ1) is 22.4. The summed E-state index contributed by atoms with van der Waals surface area (Å²) in [5.74, 6) is -0.488. The number of aliphatic imine (C=N–C) groups is 1. The number of nitrogens with zero attached hydrogens (tertiary/aromatic N) is 5. The Labute approximate surface area is 278 Å². The van der Waals surface area contributed by atoms with Crippen LogP contribution in [0.4, 0.5) is 4.79 Å². The van der Waals surface area contributed by atoms with Crippen molar-refractivity contribution in [2.24, 2.45) is 4.99 Å². The molecule has 9 nitrogen and oxygen atoms in total. The second-order valence-corrected chi connectivity index (χ2v) is 12.2. The smallest absolute Gasteiger partial charge is 0.433 e. The molecule has 0 radical (unpaired) electrons. The molecule has 0 aliphatic carbocycles. The van der Waals surface area contributed by atoms with Crippen molar-refractivity contribution in [3.63, 3.8) is 0 Å². The zero-order valence-electron chi connectivity index (χ0n) is 25.7. The summed E-state index contributed by atoms with van der Waals surface area (Å²) < 4.78 is 17.0. The summed E-state index contributed by atoms with van der Waals surface area (Å²) in [5.41, 5.74) is 4.44. The SMILES string of the molecule is CC1=NC(C)=C(OC(=O)OCCN2CCN(C(c3ccccc3)c3ccccc3)CC2)C(c2cccc(Cl)c2Cl)C1c1nnco1. The lowest BCUT2D eigenvalue weighted by Crippen LogP contribution is -2.48. The van der Waals surface area contributed by atoms with Gasteiger partial charge >= 0.3 is 6.16 Å². The highest BCUT2D eigenvalue weighted by atomic mass is 35.5. The molecule has 11 heteroatoms. The summed E-state index contributed by atoms with van der Waals surface area (Å²) in [5, 5.41) is 8.70. The maximum atomic E-state index is 13.1. The molecule has 46 heavy (non-hydrogen) atoms. The van der Waals surface area contributed by atoms with E-state index in [1.165, 1.54) is 17.5 Å². The van der Waals surface area contributed by atoms with Crippen molar-refractivity contribution in [1.82, 2.24) is 20.0 Å². The predicted octanol–water partition coefficient (Wildman–Crippen LogP) is 7.51. The van der Waals surface area contributed by atoms with E-state index in [0.29, 0.717) is 45.2 Å². The van der Waals surface area contributed by atoms with Gasteiger partial charge in [-0.1, -0.05) is 96.0 Å². The van der Waals surface area contributed by atoms with E-state index < -0.39 is 18.0 Å². The number of hydrogen-bond acceptors (Lipinski definition) is 9. The lowest BCUT2D eigenvalue weighted by molar-refractivity contribution is 0.0506. The van der Waals surface area contributed by atoms with Crippen LogP contribution in [0.25, 0.3) is 0 Å². The zero-order chi connectivity index (χ0) is 32.0. The van der Waals surface area contributed by atoms with Gasteiger partial charge < -0.3 is 13.9 Å². The Hall–Kier alpha value is -4.02. The van der Waals surface area contributed by atoms with E-state index in [0.717, 1.165) is 26.2 Å². The molecule has 0 bridgehead atoms. The normalized spacial score (nSPS) is 19.3. The van der Waals surface area contributed by atoms with Crippen LogP contribution in [0, 0.1) is 0 Å². The second kappa shape index (κ2) is 14.6. The molecule has 3 heterocycles. The van der Waals surface area contributed by atoms with E-state index in [4.69, 9.17) is 37.1 Å². The number of carbonyl (C=O) groups is 1. The standard InChI is InChI=1S/C35H35Cl2N5O4/c1-23-29(34-40-38-22-45-34)30(27-14-9-15-28(36)31(27)37)33(24(2)39-23)46-35(43)44-21-20-41-16-18-42(19-17-41)32(25-10-5-3-6-11-25)26-12-7-4-8-13-26/h3-15,22,29-30,32H,16-21H2,1-2H3. The van der Waals surface area contributed by atoms with Gasteiger partial charge in [-0.25, -0.2) is 4.79 Å². The van der Waals surface area contributed by atoms with Gasteiger partial charge in [0.05, 0.1) is 33.6 Å². The Kier molecular flexibility index (Phi) is 10.1. The van der Waals surface area contributed by atoms with E-state index in [9.17, 15) is 4.79 Å². The van der Waals surface area contributed by atoms with Gasteiger partial charge in [0, 0.05) is 38.4 Å². The van der Waals surface area contributed by atoms with Gasteiger partial charge in [0.25, 0.3) is 0 Å². The van der Waals surface area contributed by atoms with Crippen molar-refractivity contribution >= 4 is 35.1 Å². The number of benzene rings is 3. The molecular formula is C35H35Cl2N5O4. The van der Waals surface area contributed by atoms with Crippen LogP contribution in [-0.4, -0.2) is 71.2 Å². The molecule has 2 aliphatic rings. The maximum absolute atomic E-state index is 13.1. The fourth-order valence-corrected chi connectivity index (χ4v) is 6.80. The van der Waals surface area contributed by atoms with Crippen LogP contribution >= 0.6 is 23.2 Å². The van der Waals surface area contributed by atoms with Crippen molar-refractivity contribution in [3.05, 3.63) is 129 Å². The first kappa shape index (κ1) is 31.9. The molecule has 2 unspecified atom stereocenters. The highest BCUT2D eigenvalue weighted by Gasteiger charge is 2.41. The number of carbonyl (C=O) groups excluding carboxylic acids is 1. The topological polar surface area (TPSA) is 93.3 Å². The fourth-order valence-electron chi connectivity index (χ4n) is 6.37. The van der Waals surface area contributed by atoms with Gasteiger partial charge in [-0.05, 0) is 36.6 Å². The van der Waals surface area contributed by atoms with Crippen LogP contribution in [-0.2, 0) is 9.47 Å². The number of ether oxygens (including phenoxy) is 2. The minimum Gasteiger partial charge on any atom is -0.433 e. The molecule has 1 fully saturated rings. The minimum atomic E-state index is -0.816. The second-order valence-electron chi connectivity index (χ2n) is 11.4. The molecule has 0 spiro atoms. The van der Waals surface area contributed by atoms with Gasteiger partial charge in [0.15, 0.2) is 0 Å². The monoisotopic (exact) mass is 659 g/mol. The fraction of sp³-hybridized carbons (Fsp3) is 0.314. The number of allylic oxidation sites excluding steroid dienone is 2. The maximum Gasteiger partial charge on any atom is 0.513 e. The van der Waals surface area contributed by atoms with Crippen LogP contribution in [0.15, 0.2) is 106 Å². The average molecular weight is 661 g/mol. The molecule has 238 valence electrons. The van der Waals surface area contributed by atoms with E-state index in [1.54, 1.807) is 19.1 Å². The van der Waals surface area contributed by atoms with Gasteiger partial charge in [-0.2, -0.15) is 0 Å². The number of hydrogen-bond donors (Lipinski definition) is 0. The highest BCUT2D eigenvalue weighted by molar-refractivity contribution is 6.42. The summed E-state index contributed by atoms with van der Waals surface area (Å²) in [4.78, 5) is 22.6. The van der Waals surface area contributed by atoms with Crippen LogP contribution < -0.4 is 0 Å². The minimum absolute atomic E-state index is 0.184. The molecule has 1 saturated heterocycles. The molecule has 2 aliphatic heterocycles. The van der Waals surface area contributed by atoms with Gasteiger partial charge in [0.1, 0.15) is 12.4 Å². The first-order valence-corrected chi connectivity index (χ1v) is 16.0. The number of piperazine rings is 1. The summed E-state index contributed by atoms with van der Waals surface area (Å²) in [6.45, 7) is 7.91. The van der Waals surface area contributed by atoms with Crippen molar-refractivity contribution < 1.29 is 18.7 Å². The van der Waals surface area contributed by atoms with Crippen LogP contribution in [0.2, 0.25) is 10.0 Å². The first-order valence-electron chi connectivity index (χ1n) is 15.3. The molecule has 6 rings (SSSR count). The Morgan fingerprint density at radius 2 is 1.59 bits per heavy atom. The molecular weight excluding hydrogens is 625 g/mol. The summed E-state index contributed by atoms with van der Waals surface area (Å²) in [7, 11) is 0.